The highest BCUT2D eigenvalue weighted by atomic mass is 16.5. The fourth-order valence-electron chi connectivity index (χ4n) is 1.89. The second-order valence-corrected chi connectivity index (χ2v) is 4.74. The van der Waals surface area contributed by atoms with E-state index in [0.717, 1.165) is 32.4 Å². The van der Waals surface area contributed by atoms with Crippen LogP contribution < -0.4 is 5.32 Å². The quantitative estimate of drug-likeness (QED) is 0.714. The maximum absolute atomic E-state index is 11.8. The molecule has 0 spiro atoms. The van der Waals surface area contributed by atoms with Gasteiger partial charge in [-0.2, -0.15) is 0 Å². The molecule has 1 aliphatic rings. The molecule has 1 rings (SSSR count). The molecular weight excluding hydrogens is 204 g/mol. The van der Waals surface area contributed by atoms with Crippen molar-refractivity contribution >= 4 is 5.91 Å². The maximum Gasteiger partial charge on any atom is 0.248 e. The first kappa shape index (κ1) is 13.5. The summed E-state index contributed by atoms with van der Waals surface area (Å²) in [6.45, 7) is 6.85. The second-order valence-electron chi connectivity index (χ2n) is 4.74. The van der Waals surface area contributed by atoms with Crippen molar-refractivity contribution in [3.63, 3.8) is 0 Å². The van der Waals surface area contributed by atoms with Crippen molar-refractivity contribution in [3.05, 3.63) is 0 Å². The molecular formula is C12H24N2O2. The Morgan fingerprint density at radius 1 is 1.44 bits per heavy atom. The number of carbonyl (C=O) groups is 1. The van der Waals surface area contributed by atoms with E-state index in [0.29, 0.717) is 6.61 Å². The Balaban J connectivity index is 2.27. The van der Waals surface area contributed by atoms with E-state index in [1.807, 2.05) is 18.9 Å². The average Bonchev–Trinajstić information content (AvgIpc) is 2.30. The molecule has 1 saturated heterocycles. The third kappa shape index (κ3) is 3.76. The second kappa shape index (κ2) is 6.21. The Labute approximate surface area is 98.3 Å². The first-order valence-corrected chi connectivity index (χ1v) is 6.16. The predicted octanol–water partition coefficient (Wildman–Crippen LogP) is 1.01. The summed E-state index contributed by atoms with van der Waals surface area (Å²) in [5, 5.41) is 3.32. The van der Waals surface area contributed by atoms with Gasteiger partial charge in [0.25, 0.3) is 0 Å². The summed E-state index contributed by atoms with van der Waals surface area (Å²) in [6, 6.07) is 0. The molecule has 1 heterocycles. The molecule has 16 heavy (non-hydrogen) atoms. The van der Waals surface area contributed by atoms with E-state index < -0.39 is 0 Å². The zero-order valence-corrected chi connectivity index (χ0v) is 10.7. The first-order chi connectivity index (χ1) is 7.61. The summed E-state index contributed by atoms with van der Waals surface area (Å²) < 4.78 is 5.27. The molecule has 0 saturated carbocycles. The molecule has 94 valence electrons. The van der Waals surface area contributed by atoms with E-state index in [1.54, 1.807) is 0 Å². The highest BCUT2D eigenvalue weighted by Gasteiger charge is 2.30. The van der Waals surface area contributed by atoms with E-state index in [1.165, 1.54) is 0 Å². The molecule has 0 bridgehead atoms. The Morgan fingerprint density at radius 3 is 2.56 bits per heavy atom. The number of likely N-dealkylation sites (tertiary alicyclic amines) is 1. The van der Waals surface area contributed by atoms with Gasteiger partial charge in [-0.25, -0.2) is 0 Å². The van der Waals surface area contributed by atoms with E-state index in [-0.39, 0.29) is 18.1 Å². The number of rotatable bonds is 5. The summed E-state index contributed by atoms with van der Waals surface area (Å²) in [6.07, 6.45) is 3.00. The molecule has 0 radical (unpaired) electrons. The molecule has 1 amide bonds. The van der Waals surface area contributed by atoms with Crippen LogP contribution in [-0.4, -0.2) is 49.7 Å². The van der Waals surface area contributed by atoms with E-state index >= 15 is 0 Å². The van der Waals surface area contributed by atoms with Crippen molar-refractivity contribution in [1.29, 1.82) is 0 Å². The molecule has 1 fully saturated rings. The van der Waals surface area contributed by atoms with Crippen LogP contribution in [0, 0.1) is 0 Å². The van der Waals surface area contributed by atoms with Gasteiger partial charge in [-0.15, -0.1) is 0 Å². The van der Waals surface area contributed by atoms with Crippen molar-refractivity contribution in [2.45, 2.75) is 38.6 Å². The molecule has 1 aliphatic heterocycles. The van der Waals surface area contributed by atoms with Crippen molar-refractivity contribution in [3.8, 4) is 0 Å². The lowest BCUT2D eigenvalue weighted by atomic mass is 9.90. The first-order valence-electron chi connectivity index (χ1n) is 6.16. The largest absolute Gasteiger partial charge is 0.372 e. The third-order valence-corrected chi connectivity index (χ3v) is 3.40. The lowest BCUT2D eigenvalue weighted by Gasteiger charge is -2.39. The van der Waals surface area contributed by atoms with Crippen molar-refractivity contribution in [2.75, 3.05) is 33.4 Å². The third-order valence-electron chi connectivity index (χ3n) is 3.40. The molecule has 0 aliphatic carbocycles. The highest BCUT2D eigenvalue weighted by Crippen LogP contribution is 2.20. The van der Waals surface area contributed by atoms with Crippen LogP contribution in [0.15, 0.2) is 0 Å². The summed E-state index contributed by atoms with van der Waals surface area (Å²) in [7, 11) is 1.99. The van der Waals surface area contributed by atoms with E-state index in [4.69, 9.17) is 4.74 Å². The minimum absolute atomic E-state index is 0.131. The van der Waals surface area contributed by atoms with E-state index in [2.05, 4.69) is 12.2 Å². The molecule has 0 aromatic heterocycles. The topological polar surface area (TPSA) is 41.6 Å². The Hall–Kier alpha value is -0.610. The van der Waals surface area contributed by atoms with Gasteiger partial charge in [0.15, 0.2) is 0 Å². The molecule has 1 N–H and O–H groups in total. The SMILES string of the molecule is CCCOCC(=O)N1CCC(C)(NC)CC1. The highest BCUT2D eigenvalue weighted by molar-refractivity contribution is 5.77. The number of amides is 1. The van der Waals surface area contributed by atoms with Gasteiger partial charge in [0, 0.05) is 25.2 Å². The monoisotopic (exact) mass is 228 g/mol. The van der Waals surface area contributed by atoms with Crippen molar-refractivity contribution in [2.24, 2.45) is 0 Å². The maximum atomic E-state index is 11.8. The molecule has 0 atom stereocenters. The number of hydrogen-bond acceptors (Lipinski definition) is 3. The lowest BCUT2D eigenvalue weighted by molar-refractivity contribution is -0.137. The summed E-state index contributed by atoms with van der Waals surface area (Å²) in [5.74, 6) is 0.131. The average molecular weight is 228 g/mol. The molecule has 4 heteroatoms. The minimum Gasteiger partial charge on any atom is -0.372 e. The number of nitrogens with zero attached hydrogens (tertiary/aromatic N) is 1. The van der Waals surface area contributed by atoms with Crippen molar-refractivity contribution in [1.82, 2.24) is 10.2 Å². The molecule has 4 nitrogen and oxygen atoms in total. The van der Waals surface area contributed by atoms with Gasteiger partial charge in [0.05, 0.1) is 0 Å². The predicted molar refractivity (Wildman–Crippen MR) is 64.4 cm³/mol. The van der Waals surface area contributed by atoms with Crippen LogP contribution >= 0.6 is 0 Å². The van der Waals surface area contributed by atoms with Crippen LogP contribution in [0.3, 0.4) is 0 Å². The Morgan fingerprint density at radius 2 is 2.06 bits per heavy atom. The van der Waals surface area contributed by atoms with E-state index in [9.17, 15) is 4.79 Å². The standard InChI is InChI=1S/C12H24N2O2/c1-4-9-16-10-11(15)14-7-5-12(2,13-3)6-8-14/h13H,4-10H2,1-3H3. The zero-order valence-electron chi connectivity index (χ0n) is 10.7. The number of nitrogens with one attached hydrogen (secondary N) is 1. The zero-order chi connectivity index (χ0) is 12.0. The smallest absolute Gasteiger partial charge is 0.248 e. The number of hydrogen-bond donors (Lipinski definition) is 1. The van der Waals surface area contributed by atoms with Gasteiger partial charge in [0.2, 0.25) is 5.91 Å². The fourth-order valence-corrected chi connectivity index (χ4v) is 1.89. The number of ether oxygens (including phenoxy) is 1. The summed E-state index contributed by atoms with van der Waals surface area (Å²) in [4.78, 5) is 13.7. The van der Waals surface area contributed by atoms with Crippen LogP contribution in [-0.2, 0) is 9.53 Å². The van der Waals surface area contributed by atoms with Gasteiger partial charge in [0.1, 0.15) is 6.61 Å². The van der Waals surface area contributed by atoms with Gasteiger partial charge in [-0.1, -0.05) is 6.92 Å². The molecule has 0 aromatic carbocycles. The normalized spacial score (nSPS) is 19.8. The van der Waals surface area contributed by atoms with Gasteiger partial charge in [-0.05, 0) is 33.2 Å². The van der Waals surface area contributed by atoms with Crippen LogP contribution in [0.1, 0.15) is 33.1 Å². The van der Waals surface area contributed by atoms with Crippen LogP contribution in [0.25, 0.3) is 0 Å². The van der Waals surface area contributed by atoms with Crippen LogP contribution in [0.5, 0.6) is 0 Å². The van der Waals surface area contributed by atoms with Crippen LogP contribution in [0.4, 0.5) is 0 Å². The van der Waals surface area contributed by atoms with Gasteiger partial charge < -0.3 is 15.0 Å². The minimum atomic E-state index is 0.131. The fraction of sp³-hybridized carbons (Fsp3) is 0.917. The Bertz CT molecular complexity index is 223. The molecule has 0 aromatic rings. The number of piperidine rings is 1. The number of carbonyl (C=O) groups excluding carboxylic acids is 1. The Kier molecular flexibility index (Phi) is 5.22. The van der Waals surface area contributed by atoms with Crippen LogP contribution in [0.2, 0.25) is 0 Å². The summed E-state index contributed by atoms with van der Waals surface area (Å²) >= 11 is 0. The lowest BCUT2D eigenvalue weighted by Crippen LogP contribution is -2.52. The summed E-state index contributed by atoms with van der Waals surface area (Å²) in [5.41, 5.74) is 0.195. The van der Waals surface area contributed by atoms with Gasteiger partial charge in [-0.3, -0.25) is 4.79 Å². The molecule has 0 unspecified atom stereocenters. The van der Waals surface area contributed by atoms with Gasteiger partial charge >= 0.3 is 0 Å². The van der Waals surface area contributed by atoms with Crippen molar-refractivity contribution < 1.29 is 9.53 Å².